The number of amides is 2. The second-order valence-corrected chi connectivity index (χ2v) is 3.18. The lowest BCUT2D eigenvalue weighted by Crippen LogP contribution is -2.60. The van der Waals surface area contributed by atoms with Crippen LogP contribution in [0.3, 0.4) is 0 Å². The molecule has 2 heterocycles. The van der Waals surface area contributed by atoms with Gasteiger partial charge in [-0.1, -0.05) is 0 Å². The van der Waals surface area contributed by atoms with E-state index in [1.165, 1.54) is 11.1 Å². The topological polar surface area (TPSA) is 81.7 Å². The Morgan fingerprint density at radius 2 is 2.36 bits per heavy atom. The molecule has 1 atom stereocenters. The van der Waals surface area contributed by atoms with Crippen LogP contribution in [0.1, 0.15) is 0 Å². The molecule has 0 radical (unpaired) electrons. The molecule has 0 saturated carbocycles. The van der Waals surface area contributed by atoms with Crippen molar-refractivity contribution in [3.63, 3.8) is 0 Å². The molecule has 0 unspecified atom stereocenters. The van der Waals surface area contributed by atoms with E-state index in [-0.39, 0.29) is 18.4 Å². The molecule has 1 fully saturated rings. The second kappa shape index (κ2) is 3.30. The van der Waals surface area contributed by atoms with E-state index in [4.69, 9.17) is 5.11 Å². The van der Waals surface area contributed by atoms with Crippen molar-refractivity contribution in [2.45, 2.75) is 6.04 Å². The van der Waals surface area contributed by atoms with Gasteiger partial charge in [0, 0.05) is 19.3 Å². The largest absolute Gasteiger partial charge is 0.394 e. The Labute approximate surface area is 80.6 Å². The summed E-state index contributed by atoms with van der Waals surface area (Å²) >= 11 is 0. The highest BCUT2D eigenvalue weighted by molar-refractivity contribution is 6.04. The summed E-state index contributed by atoms with van der Waals surface area (Å²) < 4.78 is 0. The number of carbonyl (C=O) groups is 2. The third kappa shape index (κ3) is 1.24. The Balaban J connectivity index is 2.28. The molecular formula is C8H11N3O3. The van der Waals surface area contributed by atoms with Crippen molar-refractivity contribution in [3.8, 4) is 0 Å². The predicted molar refractivity (Wildman–Crippen MR) is 46.8 cm³/mol. The van der Waals surface area contributed by atoms with Crippen LogP contribution in [0.2, 0.25) is 0 Å². The molecule has 0 aromatic carbocycles. The molecule has 14 heavy (non-hydrogen) atoms. The Kier molecular flexibility index (Phi) is 2.12. The molecule has 0 aliphatic carbocycles. The quantitative estimate of drug-likeness (QED) is 0.443. The number of rotatable bonds is 1. The monoisotopic (exact) mass is 197 g/mol. The van der Waals surface area contributed by atoms with Crippen LogP contribution in [0.25, 0.3) is 0 Å². The number of aliphatic hydroxyl groups excluding tert-OH is 1. The van der Waals surface area contributed by atoms with Crippen molar-refractivity contribution in [2.75, 3.05) is 19.7 Å². The van der Waals surface area contributed by atoms with Crippen LogP contribution < -0.4 is 10.6 Å². The van der Waals surface area contributed by atoms with Crippen LogP contribution in [-0.2, 0) is 9.59 Å². The summed E-state index contributed by atoms with van der Waals surface area (Å²) in [5, 5.41) is 14.2. The zero-order valence-electron chi connectivity index (χ0n) is 7.49. The first-order valence-corrected chi connectivity index (χ1v) is 4.40. The molecule has 2 aliphatic heterocycles. The van der Waals surface area contributed by atoms with E-state index in [9.17, 15) is 9.59 Å². The highest BCUT2D eigenvalue weighted by Crippen LogP contribution is 2.14. The number of aliphatic hydroxyl groups is 1. The first kappa shape index (κ1) is 9.01. The van der Waals surface area contributed by atoms with Gasteiger partial charge in [-0.2, -0.15) is 0 Å². The Bertz CT molecular complexity index is 313. The van der Waals surface area contributed by atoms with Gasteiger partial charge in [-0.25, -0.2) is 0 Å². The molecule has 0 bridgehead atoms. The summed E-state index contributed by atoms with van der Waals surface area (Å²) in [4.78, 5) is 24.4. The minimum Gasteiger partial charge on any atom is -0.394 e. The van der Waals surface area contributed by atoms with Crippen LogP contribution in [0, 0.1) is 0 Å². The minimum atomic E-state index is -0.794. The summed E-state index contributed by atoms with van der Waals surface area (Å²) in [6, 6.07) is -0.794. The maximum Gasteiger partial charge on any atom is 0.270 e. The van der Waals surface area contributed by atoms with Gasteiger partial charge >= 0.3 is 0 Å². The van der Waals surface area contributed by atoms with E-state index in [0.29, 0.717) is 18.8 Å². The molecule has 6 heteroatoms. The highest BCUT2D eigenvalue weighted by atomic mass is 16.3. The molecule has 3 N–H and O–H groups in total. The minimum absolute atomic E-state index is 0.250. The van der Waals surface area contributed by atoms with Crippen molar-refractivity contribution in [2.24, 2.45) is 0 Å². The molecule has 2 aliphatic rings. The van der Waals surface area contributed by atoms with Crippen molar-refractivity contribution in [3.05, 3.63) is 11.9 Å². The van der Waals surface area contributed by atoms with E-state index in [0.717, 1.165) is 0 Å². The summed E-state index contributed by atoms with van der Waals surface area (Å²) in [5.41, 5.74) is 0.325. The maximum absolute atomic E-state index is 11.6. The molecular weight excluding hydrogens is 186 g/mol. The molecule has 2 amide bonds. The predicted octanol–water partition coefficient (Wildman–Crippen LogP) is -2.25. The first-order chi connectivity index (χ1) is 6.74. The molecule has 0 aromatic rings. The summed E-state index contributed by atoms with van der Waals surface area (Å²) in [6.45, 7) is 0.733. The third-order valence-electron chi connectivity index (χ3n) is 2.29. The van der Waals surface area contributed by atoms with E-state index >= 15 is 0 Å². The number of nitrogens with zero attached hydrogens (tertiary/aromatic N) is 1. The van der Waals surface area contributed by atoms with Crippen molar-refractivity contribution in [1.29, 1.82) is 0 Å². The number of piperazine rings is 1. The summed E-state index contributed by atoms with van der Waals surface area (Å²) in [7, 11) is 0. The van der Waals surface area contributed by atoms with Crippen molar-refractivity contribution < 1.29 is 14.7 Å². The number of fused-ring (bicyclic) bond motifs is 1. The van der Waals surface area contributed by atoms with Gasteiger partial charge in [0.2, 0.25) is 0 Å². The fourth-order valence-electron chi connectivity index (χ4n) is 1.57. The molecule has 0 spiro atoms. The average Bonchev–Trinajstić information content (AvgIpc) is 2.23. The standard InChI is InChI=1S/C8H11N3O3/c12-4-5-8(14)11-2-1-9-3-6(11)7(13)10-5/h3,5,9,12H,1-2,4H2,(H,10,13)/t5-/m1/s1. The van der Waals surface area contributed by atoms with Crippen LogP contribution >= 0.6 is 0 Å². The second-order valence-electron chi connectivity index (χ2n) is 3.18. The summed E-state index contributed by atoms with van der Waals surface area (Å²) in [6.07, 6.45) is 1.52. The smallest absolute Gasteiger partial charge is 0.270 e. The van der Waals surface area contributed by atoms with Gasteiger partial charge < -0.3 is 20.6 Å². The normalized spacial score (nSPS) is 26.2. The maximum atomic E-state index is 11.6. The van der Waals surface area contributed by atoms with Gasteiger partial charge in [0.05, 0.1) is 6.61 Å². The lowest BCUT2D eigenvalue weighted by molar-refractivity contribution is -0.141. The van der Waals surface area contributed by atoms with Gasteiger partial charge in [0.1, 0.15) is 11.7 Å². The number of hydrogen-bond donors (Lipinski definition) is 3. The zero-order chi connectivity index (χ0) is 10.1. The van der Waals surface area contributed by atoms with Crippen LogP contribution in [-0.4, -0.2) is 47.6 Å². The number of hydrogen-bond acceptors (Lipinski definition) is 4. The molecule has 0 aromatic heterocycles. The lowest BCUT2D eigenvalue weighted by Gasteiger charge is -2.35. The van der Waals surface area contributed by atoms with Crippen LogP contribution in [0.15, 0.2) is 11.9 Å². The van der Waals surface area contributed by atoms with Gasteiger partial charge in [-0.05, 0) is 0 Å². The van der Waals surface area contributed by atoms with Gasteiger partial charge in [-0.15, -0.1) is 0 Å². The molecule has 6 nitrogen and oxygen atoms in total. The fourth-order valence-corrected chi connectivity index (χ4v) is 1.57. The first-order valence-electron chi connectivity index (χ1n) is 4.40. The van der Waals surface area contributed by atoms with Gasteiger partial charge in [0.25, 0.3) is 11.8 Å². The van der Waals surface area contributed by atoms with Crippen molar-refractivity contribution >= 4 is 11.8 Å². The Morgan fingerprint density at radius 3 is 3.07 bits per heavy atom. The van der Waals surface area contributed by atoms with E-state index < -0.39 is 6.04 Å². The SMILES string of the molecule is O=C1N[C@H](CO)C(=O)N2CCNC=C12. The highest BCUT2D eigenvalue weighted by Gasteiger charge is 2.37. The van der Waals surface area contributed by atoms with Gasteiger partial charge in [0.15, 0.2) is 0 Å². The van der Waals surface area contributed by atoms with Crippen molar-refractivity contribution in [1.82, 2.24) is 15.5 Å². The zero-order valence-corrected chi connectivity index (χ0v) is 7.49. The van der Waals surface area contributed by atoms with Crippen LogP contribution in [0.4, 0.5) is 0 Å². The summed E-state index contributed by atoms with van der Waals surface area (Å²) in [5.74, 6) is -0.573. The lowest BCUT2D eigenvalue weighted by atomic mass is 10.1. The van der Waals surface area contributed by atoms with E-state index in [1.54, 1.807) is 0 Å². The Morgan fingerprint density at radius 1 is 1.57 bits per heavy atom. The number of nitrogens with one attached hydrogen (secondary N) is 2. The number of carbonyl (C=O) groups excluding carboxylic acids is 2. The molecule has 2 rings (SSSR count). The average molecular weight is 197 g/mol. The Hall–Kier alpha value is -1.56. The third-order valence-corrected chi connectivity index (χ3v) is 2.29. The van der Waals surface area contributed by atoms with E-state index in [1.807, 2.05) is 0 Å². The molecule has 76 valence electrons. The fraction of sp³-hybridized carbons (Fsp3) is 0.500. The molecule has 1 saturated heterocycles. The van der Waals surface area contributed by atoms with Crippen LogP contribution in [0.5, 0.6) is 0 Å². The van der Waals surface area contributed by atoms with Gasteiger partial charge in [-0.3, -0.25) is 9.59 Å². The van der Waals surface area contributed by atoms with E-state index in [2.05, 4.69) is 10.6 Å².